The number of Topliss-reactive ketones (excluding diaryl/α,β-unsaturated/α-hetero) is 1. The molecule has 43 heavy (non-hydrogen) atoms. The number of ketones is 1. The first kappa shape index (κ1) is 29.2. The molecule has 6 rings (SSSR count). The Morgan fingerprint density at radius 2 is 1.98 bits per heavy atom. The Morgan fingerprint density at radius 1 is 1.23 bits per heavy atom. The van der Waals surface area contributed by atoms with Gasteiger partial charge in [0.15, 0.2) is 11.5 Å². The lowest BCUT2D eigenvalue weighted by atomic mass is 9.82. The van der Waals surface area contributed by atoms with Crippen LogP contribution in [0.4, 0.5) is 10.1 Å². The molecule has 226 valence electrons. The summed E-state index contributed by atoms with van der Waals surface area (Å²) < 4.78 is 17.2. The zero-order chi connectivity index (χ0) is 30.4. The molecule has 2 unspecified atom stereocenters. The Labute approximate surface area is 256 Å². The molecule has 4 aliphatic rings. The van der Waals surface area contributed by atoms with E-state index in [1.807, 2.05) is 9.80 Å². The van der Waals surface area contributed by atoms with E-state index in [1.54, 1.807) is 28.8 Å². The number of hydrogen-bond donors (Lipinski definition) is 3. The van der Waals surface area contributed by atoms with E-state index in [-0.39, 0.29) is 28.3 Å². The summed E-state index contributed by atoms with van der Waals surface area (Å²) in [7, 11) is 1.39. The largest absolute Gasteiger partial charge is 0.493 e. The molecule has 2 aliphatic heterocycles. The lowest BCUT2D eigenvalue weighted by molar-refractivity contribution is -0.136. The number of allylic oxidation sites excluding steroid dienone is 1. The molecule has 2 atom stereocenters. The van der Waals surface area contributed by atoms with Gasteiger partial charge in [0.1, 0.15) is 11.4 Å². The Balaban J connectivity index is 1.19. The number of carboxylic acids is 1. The fourth-order valence-electron chi connectivity index (χ4n) is 5.88. The van der Waals surface area contributed by atoms with Gasteiger partial charge in [-0.3, -0.25) is 19.1 Å². The van der Waals surface area contributed by atoms with Crippen LogP contribution in [0.5, 0.6) is 5.88 Å². The third kappa shape index (κ3) is 5.62. The molecular weight excluding hydrogens is 601 g/mol. The maximum atomic E-state index is 15.4. The number of hydroxylamine groups is 1. The number of piperazine rings is 1. The number of nitrogens with zero attached hydrogens (tertiary/aromatic N) is 6. The zero-order valence-electron chi connectivity index (χ0n) is 23.1. The van der Waals surface area contributed by atoms with Crippen LogP contribution in [0.1, 0.15) is 12.8 Å². The summed E-state index contributed by atoms with van der Waals surface area (Å²) in [6.45, 7) is 2.49. The predicted octanol–water partition coefficient (Wildman–Crippen LogP) is 3.85. The number of hydrogen-bond acceptors (Lipinski definition) is 9. The van der Waals surface area contributed by atoms with E-state index in [0.29, 0.717) is 54.5 Å². The second-order valence-corrected chi connectivity index (χ2v) is 11.6. The van der Waals surface area contributed by atoms with Gasteiger partial charge in [0.25, 0.3) is 0 Å². The number of fused-ring (bicyclic) bond motifs is 2. The van der Waals surface area contributed by atoms with Crippen molar-refractivity contribution in [3.8, 4) is 5.88 Å². The molecule has 2 aliphatic carbocycles. The van der Waals surface area contributed by atoms with Crippen molar-refractivity contribution in [3.05, 3.63) is 58.7 Å². The molecule has 12 nitrogen and oxygen atoms in total. The van der Waals surface area contributed by atoms with Gasteiger partial charge < -0.3 is 20.0 Å². The van der Waals surface area contributed by atoms with Gasteiger partial charge in [0, 0.05) is 48.8 Å². The molecule has 3 heterocycles. The smallest absolute Gasteiger partial charge is 0.340 e. The van der Waals surface area contributed by atoms with Gasteiger partial charge in [-0.1, -0.05) is 11.6 Å². The number of carbonyl (C=O) groups is 2. The minimum absolute atomic E-state index is 0.0123. The van der Waals surface area contributed by atoms with Crippen molar-refractivity contribution in [2.75, 3.05) is 33.3 Å². The average Bonchev–Trinajstić information content (AvgIpc) is 3.79. The highest BCUT2D eigenvalue weighted by atomic mass is 35.5. The molecule has 2 aromatic rings. The molecule has 1 saturated carbocycles. The summed E-state index contributed by atoms with van der Waals surface area (Å²) in [5, 5.41) is 29.7. The monoisotopic (exact) mass is 629 g/mol. The second-order valence-electron chi connectivity index (χ2n) is 10.8. The number of aromatic nitrogens is 1. The van der Waals surface area contributed by atoms with Crippen molar-refractivity contribution in [2.24, 2.45) is 16.1 Å². The predicted molar refractivity (Wildman–Crippen MR) is 159 cm³/mol. The SMILES string of the molecule is CONC(=S)N=Nc1c(O)n(CN2CCN(C3=CC4C(C=C3F)C(=O)C(C(=O)O)=CN4C3CC3)CC2)c2ccc(Cl)cc12. The zero-order valence-corrected chi connectivity index (χ0v) is 24.7. The maximum Gasteiger partial charge on any atom is 0.340 e. The van der Waals surface area contributed by atoms with E-state index in [0.717, 1.165) is 12.8 Å². The number of halogens is 2. The third-order valence-electron chi connectivity index (χ3n) is 8.11. The Morgan fingerprint density at radius 3 is 2.65 bits per heavy atom. The lowest BCUT2D eigenvalue weighted by Crippen LogP contribution is -2.50. The average molecular weight is 630 g/mol. The van der Waals surface area contributed by atoms with Crippen LogP contribution in [0, 0.1) is 5.92 Å². The van der Waals surface area contributed by atoms with Crippen molar-refractivity contribution in [1.82, 2.24) is 24.7 Å². The molecule has 0 spiro atoms. The number of rotatable bonds is 7. The minimum atomic E-state index is -1.29. The van der Waals surface area contributed by atoms with Crippen molar-refractivity contribution in [1.29, 1.82) is 0 Å². The van der Waals surface area contributed by atoms with E-state index in [1.165, 1.54) is 19.4 Å². The van der Waals surface area contributed by atoms with Crippen molar-refractivity contribution < 1.29 is 29.0 Å². The van der Waals surface area contributed by atoms with Crippen LogP contribution in [-0.2, 0) is 21.1 Å². The van der Waals surface area contributed by atoms with Crippen LogP contribution in [-0.4, -0.2) is 91.7 Å². The standard InChI is InChI=1S/C28H29ClFN7O5S/c1-42-33-28(43)32-31-24-17-10-15(29)2-5-21(17)37(26(24)39)14-34-6-8-35(9-7-34)23-12-22-18(11-20(23)30)25(38)19(27(40)41)13-36(22)16-3-4-16/h2,5,10-13,16,18,22,39H,3-4,6-9,14H2,1H3,(H,33,43)(H,40,41). The van der Waals surface area contributed by atoms with E-state index in [2.05, 4.69) is 20.6 Å². The number of aliphatic carboxylic acids is 1. The molecule has 1 saturated heterocycles. The Kier molecular flexibility index (Phi) is 7.94. The quantitative estimate of drug-likeness (QED) is 0.179. The number of thiocarbonyl (C=S) groups is 1. The summed E-state index contributed by atoms with van der Waals surface area (Å²) in [6.07, 6.45) is 6.29. The van der Waals surface area contributed by atoms with Crippen LogP contribution >= 0.6 is 23.8 Å². The molecular formula is C28H29ClFN7O5S. The maximum absolute atomic E-state index is 15.4. The van der Waals surface area contributed by atoms with Crippen LogP contribution in [0.2, 0.25) is 5.02 Å². The molecule has 2 fully saturated rings. The van der Waals surface area contributed by atoms with E-state index < -0.39 is 29.5 Å². The Hall–Kier alpha value is -3.85. The first-order valence-corrected chi connectivity index (χ1v) is 14.5. The van der Waals surface area contributed by atoms with Gasteiger partial charge in [0.05, 0.1) is 37.0 Å². The van der Waals surface area contributed by atoms with Crippen LogP contribution < -0.4 is 5.48 Å². The van der Waals surface area contributed by atoms with Crippen molar-refractivity contribution >= 4 is 57.3 Å². The number of aromatic hydroxyl groups is 1. The topological polar surface area (TPSA) is 135 Å². The first-order chi connectivity index (χ1) is 20.7. The second kappa shape index (κ2) is 11.7. The third-order valence-corrected chi connectivity index (χ3v) is 8.51. The highest BCUT2D eigenvalue weighted by Gasteiger charge is 2.45. The molecule has 15 heteroatoms. The summed E-state index contributed by atoms with van der Waals surface area (Å²) in [5.41, 5.74) is 3.43. The Bertz CT molecular complexity index is 1630. The highest BCUT2D eigenvalue weighted by molar-refractivity contribution is 7.80. The van der Waals surface area contributed by atoms with Crippen molar-refractivity contribution in [3.63, 3.8) is 0 Å². The minimum Gasteiger partial charge on any atom is -0.493 e. The number of azo groups is 1. The summed E-state index contributed by atoms with van der Waals surface area (Å²) in [5.74, 6) is -3.35. The molecule has 0 amide bonds. The number of nitrogens with one attached hydrogen (secondary N) is 1. The van der Waals surface area contributed by atoms with Gasteiger partial charge in [-0.2, -0.15) is 0 Å². The highest BCUT2D eigenvalue weighted by Crippen LogP contribution is 2.42. The van der Waals surface area contributed by atoms with E-state index in [9.17, 15) is 19.8 Å². The fraction of sp³-hybridized carbons (Fsp3) is 0.393. The van der Waals surface area contributed by atoms with Crippen LogP contribution in [0.15, 0.2) is 63.9 Å². The number of carbonyl (C=O) groups excluding carboxylic acids is 1. The van der Waals surface area contributed by atoms with Gasteiger partial charge in [-0.05, 0) is 55.4 Å². The summed E-state index contributed by atoms with van der Waals surface area (Å²) >= 11 is 11.3. The summed E-state index contributed by atoms with van der Waals surface area (Å²) in [6, 6.07) is 4.94. The lowest BCUT2D eigenvalue weighted by Gasteiger charge is -2.42. The van der Waals surface area contributed by atoms with Gasteiger partial charge in [-0.15, -0.1) is 10.2 Å². The first-order valence-electron chi connectivity index (χ1n) is 13.7. The van der Waals surface area contributed by atoms with Gasteiger partial charge in [-0.25, -0.2) is 14.7 Å². The van der Waals surface area contributed by atoms with E-state index >= 15 is 4.39 Å². The van der Waals surface area contributed by atoms with Gasteiger partial charge in [0.2, 0.25) is 11.0 Å². The van der Waals surface area contributed by atoms with Crippen molar-refractivity contribution in [2.45, 2.75) is 31.6 Å². The van der Waals surface area contributed by atoms with Gasteiger partial charge >= 0.3 is 5.97 Å². The van der Waals surface area contributed by atoms with Crippen LogP contribution in [0.25, 0.3) is 10.9 Å². The normalized spacial score (nSPS) is 22.9. The summed E-state index contributed by atoms with van der Waals surface area (Å²) in [4.78, 5) is 35.3. The van der Waals surface area contributed by atoms with E-state index in [4.69, 9.17) is 28.7 Å². The number of carboxylic acid groups (broad SMARTS) is 1. The molecule has 0 radical (unpaired) electrons. The molecule has 3 N–H and O–H groups in total. The van der Waals surface area contributed by atoms with Crippen LogP contribution in [0.3, 0.4) is 0 Å². The molecule has 0 bridgehead atoms. The number of benzene rings is 1. The molecule has 1 aromatic carbocycles. The molecule has 1 aromatic heterocycles. The fourth-order valence-corrected chi connectivity index (χ4v) is 6.17.